The van der Waals surface area contributed by atoms with Crippen LogP contribution in [0.5, 0.6) is 0 Å². The van der Waals surface area contributed by atoms with Crippen LogP contribution in [0.2, 0.25) is 10.0 Å². The zero-order valence-corrected chi connectivity index (χ0v) is 11.9. The minimum absolute atomic E-state index is 0.0155. The molecular weight excluding hydrogens is 303 g/mol. The SMILES string of the molecule is Fc1cccc2c1CCC2Nc1cc(Cl)c(F)c(Cl)c1. The topological polar surface area (TPSA) is 12.0 Å². The van der Waals surface area contributed by atoms with Gasteiger partial charge in [0.25, 0.3) is 0 Å². The number of rotatable bonds is 2. The number of hydrogen-bond donors (Lipinski definition) is 1. The van der Waals surface area contributed by atoms with Crippen LogP contribution < -0.4 is 5.32 Å². The number of fused-ring (bicyclic) bond motifs is 1. The summed E-state index contributed by atoms with van der Waals surface area (Å²) in [6.45, 7) is 0. The average molecular weight is 314 g/mol. The van der Waals surface area contributed by atoms with E-state index in [1.54, 1.807) is 6.07 Å². The second kappa shape index (κ2) is 5.23. The molecule has 3 rings (SSSR count). The third kappa shape index (κ3) is 2.36. The zero-order chi connectivity index (χ0) is 14.3. The van der Waals surface area contributed by atoms with E-state index >= 15 is 0 Å². The van der Waals surface area contributed by atoms with Crippen LogP contribution in [-0.2, 0) is 6.42 Å². The van der Waals surface area contributed by atoms with Gasteiger partial charge in [-0.1, -0.05) is 35.3 Å². The van der Waals surface area contributed by atoms with Gasteiger partial charge in [0.2, 0.25) is 0 Å². The highest BCUT2D eigenvalue weighted by molar-refractivity contribution is 6.35. The van der Waals surface area contributed by atoms with Crippen molar-refractivity contribution in [2.45, 2.75) is 18.9 Å². The standard InChI is InChI=1S/C15H11Cl2F2N/c16-11-6-8(7-12(17)15(11)19)20-14-5-4-9-10(14)2-1-3-13(9)18/h1-3,6-7,14,20H,4-5H2. The van der Waals surface area contributed by atoms with Crippen LogP contribution in [0.1, 0.15) is 23.6 Å². The summed E-state index contributed by atoms with van der Waals surface area (Å²) in [5.41, 5.74) is 2.30. The molecule has 1 N–H and O–H groups in total. The minimum Gasteiger partial charge on any atom is -0.378 e. The number of nitrogens with one attached hydrogen (secondary N) is 1. The predicted molar refractivity (Wildman–Crippen MR) is 77.5 cm³/mol. The maximum atomic E-state index is 13.7. The Morgan fingerprint density at radius 2 is 1.80 bits per heavy atom. The molecule has 0 aromatic heterocycles. The van der Waals surface area contributed by atoms with Crippen molar-refractivity contribution in [3.8, 4) is 0 Å². The average Bonchev–Trinajstić information content (AvgIpc) is 2.81. The second-order valence-corrected chi connectivity index (χ2v) is 5.61. The van der Waals surface area contributed by atoms with Crippen LogP contribution >= 0.6 is 23.2 Å². The van der Waals surface area contributed by atoms with Gasteiger partial charge in [0, 0.05) is 5.69 Å². The predicted octanol–water partition coefficient (Wildman–Crippen LogP) is 5.37. The molecule has 2 aromatic rings. The minimum atomic E-state index is -0.628. The van der Waals surface area contributed by atoms with E-state index in [2.05, 4.69) is 5.32 Å². The first-order valence-electron chi connectivity index (χ1n) is 6.24. The Bertz CT molecular complexity index is 650. The fourth-order valence-corrected chi connectivity index (χ4v) is 3.09. The Hall–Kier alpha value is -1.32. The van der Waals surface area contributed by atoms with Crippen molar-refractivity contribution in [1.29, 1.82) is 0 Å². The lowest BCUT2D eigenvalue weighted by Gasteiger charge is -2.16. The van der Waals surface area contributed by atoms with Crippen molar-refractivity contribution in [2.24, 2.45) is 0 Å². The normalized spacial score (nSPS) is 17.1. The lowest BCUT2D eigenvalue weighted by molar-refractivity contribution is 0.612. The van der Waals surface area contributed by atoms with Gasteiger partial charge in [0.15, 0.2) is 5.82 Å². The molecular formula is C15H11Cl2F2N. The quantitative estimate of drug-likeness (QED) is 0.735. The molecule has 0 bridgehead atoms. The van der Waals surface area contributed by atoms with Crippen molar-refractivity contribution in [1.82, 2.24) is 0 Å². The molecule has 104 valence electrons. The summed E-state index contributed by atoms with van der Waals surface area (Å²) in [6.07, 6.45) is 1.46. The van der Waals surface area contributed by atoms with Gasteiger partial charge in [0.05, 0.1) is 16.1 Å². The molecule has 0 heterocycles. The van der Waals surface area contributed by atoms with Crippen molar-refractivity contribution in [3.05, 3.63) is 63.1 Å². The van der Waals surface area contributed by atoms with Crippen molar-refractivity contribution < 1.29 is 8.78 Å². The van der Waals surface area contributed by atoms with Crippen molar-refractivity contribution >= 4 is 28.9 Å². The van der Waals surface area contributed by atoms with Gasteiger partial charge in [-0.05, 0) is 42.2 Å². The number of hydrogen-bond acceptors (Lipinski definition) is 1. The maximum Gasteiger partial charge on any atom is 0.160 e. The smallest absolute Gasteiger partial charge is 0.160 e. The molecule has 0 saturated carbocycles. The number of anilines is 1. The van der Waals surface area contributed by atoms with Crippen molar-refractivity contribution in [2.75, 3.05) is 5.32 Å². The second-order valence-electron chi connectivity index (χ2n) is 4.80. The van der Waals surface area contributed by atoms with Crippen molar-refractivity contribution in [3.63, 3.8) is 0 Å². The molecule has 1 unspecified atom stereocenters. The lowest BCUT2D eigenvalue weighted by Crippen LogP contribution is -2.07. The van der Waals surface area contributed by atoms with Crippen LogP contribution in [-0.4, -0.2) is 0 Å². The van der Waals surface area contributed by atoms with Gasteiger partial charge in [-0.3, -0.25) is 0 Å². The van der Waals surface area contributed by atoms with Crippen LogP contribution in [0.25, 0.3) is 0 Å². The number of halogens is 4. The zero-order valence-electron chi connectivity index (χ0n) is 10.4. The molecule has 0 spiro atoms. The van der Waals surface area contributed by atoms with E-state index in [4.69, 9.17) is 23.2 Å². The summed E-state index contributed by atoms with van der Waals surface area (Å²) in [5.74, 6) is -0.807. The molecule has 2 aromatic carbocycles. The Morgan fingerprint density at radius 1 is 1.10 bits per heavy atom. The van der Waals surface area contributed by atoms with Crippen LogP contribution in [0, 0.1) is 11.6 Å². The lowest BCUT2D eigenvalue weighted by atomic mass is 10.1. The van der Waals surface area contributed by atoms with Crippen LogP contribution in [0.3, 0.4) is 0 Å². The monoisotopic (exact) mass is 313 g/mol. The summed E-state index contributed by atoms with van der Waals surface area (Å²) in [4.78, 5) is 0. The third-order valence-corrected chi connectivity index (χ3v) is 4.09. The summed E-state index contributed by atoms with van der Waals surface area (Å²) in [5, 5.41) is 3.17. The summed E-state index contributed by atoms with van der Waals surface area (Å²) < 4.78 is 27.0. The summed E-state index contributed by atoms with van der Waals surface area (Å²) >= 11 is 11.5. The fourth-order valence-electron chi connectivity index (χ4n) is 2.60. The largest absolute Gasteiger partial charge is 0.378 e. The molecule has 1 nitrogen and oxygen atoms in total. The molecule has 0 amide bonds. The summed E-state index contributed by atoms with van der Waals surface area (Å²) in [6, 6.07) is 8.01. The van der Waals surface area contributed by atoms with Gasteiger partial charge >= 0.3 is 0 Å². The van der Waals surface area contributed by atoms with Crippen LogP contribution in [0.4, 0.5) is 14.5 Å². The van der Waals surface area contributed by atoms with Gasteiger partial charge in [0.1, 0.15) is 5.82 Å². The Kier molecular flexibility index (Phi) is 3.57. The van der Waals surface area contributed by atoms with Gasteiger partial charge in [-0.2, -0.15) is 0 Å². The molecule has 20 heavy (non-hydrogen) atoms. The first-order chi connectivity index (χ1) is 9.56. The Morgan fingerprint density at radius 3 is 2.50 bits per heavy atom. The van der Waals surface area contributed by atoms with E-state index in [9.17, 15) is 8.78 Å². The van der Waals surface area contributed by atoms with Gasteiger partial charge in [-0.25, -0.2) is 8.78 Å². The molecule has 0 fully saturated rings. The van der Waals surface area contributed by atoms with E-state index in [0.717, 1.165) is 17.5 Å². The molecule has 1 aliphatic rings. The van der Waals surface area contributed by atoms with Crippen LogP contribution in [0.15, 0.2) is 30.3 Å². The Balaban J connectivity index is 1.90. The highest BCUT2D eigenvalue weighted by atomic mass is 35.5. The van der Waals surface area contributed by atoms with Gasteiger partial charge < -0.3 is 5.32 Å². The molecule has 0 saturated heterocycles. The van der Waals surface area contributed by atoms with E-state index in [1.807, 2.05) is 6.07 Å². The van der Waals surface area contributed by atoms with Gasteiger partial charge in [-0.15, -0.1) is 0 Å². The molecule has 1 atom stereocenters. The maximum absolute atomic E-state index is 13.7. The Labute approximate surface area is 125 Å². The fraction of sp³-hybridized carbons (Fsp3) is 0.200. The molecule has 0 radical (unpaired) electrons. The molecule has 1 aliphatic carbocycles. The van der Waals surface area contributed by atoms with E-state index in [-0.39, 0.29) is 21.9 Å². The third-order valence-electron chi connectivity index (χ3n) is 3.54. The summed E-state index contributed by atoms with van der Waals surface area (Å²) in [7, 11) is 0. The highest BCUT2D eigenvalue weighted by Crippen LogP contribution is 2.36. The first kappa shape index (κ1) is 13.7. The first-order valence-corrected chi connectivity index (χ1v) is 7.00. The highest BCUT2D eigenvalue weighted by Gasteiger charge is 2.25. The number of benzene rings is 2. The van der Waals surface area contributed by atoms with E-state index < -0.39 is 5.82 Å². The van der Waals surface area contributed by atoms with E-state index in [1.165, 1.54) is 18.2 Å². The molecule has 0 aliphatic heterocycles. The molecule has 5 heteroatoms. The van der Waals surface area contributed by atoms with E-state index in [0.29, 0.717) is 12.1 Å².